The summed E-state index contributed by atoms with van der Waals surface area (Å²) in [7, 11) is 0. The lowest BCUT2D eigenvalue weighted by atomic mass is 10.0. The first-order valence-corrected chi connectivity index (χ1v) is 7.59. The number of benzene rings is 1. The first-order valence-electron chi connectivity index (χ1n) is 7.59. The molecule has 0 aromatic heterocycles. The summed E-state index contributed by atoms with van der Waals surface area (Å²) in [5, 5.41) is 10.1. The molecule has 0 bridgehead atoms. The SMILES string of the molecule is CCCCCCCCCc1cccc(CC)c1O. The largest absolute Gasteiger partial charge is 0.507 e. The van der Waals surface area contributed by atoms with E-state index in [1.54, 1.807) is 0 Å². The van der Waals surface area contributed by atoms with Gasteiger partial charge in [0.25, 0.3) is 0 Å². The molecule has 1 heteroatoms. The second kappa shape index (κ2) is 9.02. The molecule has 0 fully saturated rings. The predicted molar refractivity (Wildman–Crippen MR) is 79.2 cm³/mol. The molecule has 0 amide bonds. The number of unbranched alkanes of at least 4 members (excludes halogenated alkanes) is 6. The molecule has 18 heavy (non-hydrogen) atoms. The molecular weight excluding hydrogens is 220 g/mol. The predicted octanol–water partition coefficient (Wildman–Crippen LogP) is 5.25. The summed E-state index contributed by atoms with van der Waals surface area (Å²) in [6.07, 6.45) is 11.2. The van der Waals surface area contributed by atoms with E-state index in [1.807, 2.05) is 6.07 Å². The maximum absolute atomic E-state index is 10.1. The van der Waals surface area contributed by atoms with Crippen LogP contribution in [0, 0.1) is 0 Å². The number of hydrogen-bond donors (Lipinski definition) is 1. The maximum atomic E-state index is 10.1. The number of rotatable bonds is 9. The number of phenolic OH excluding ortho intramolecular Hbond substituents is 1. The standard InChI is InChI=1S/C17H28O/c1-3-5-6-7-8-9-10-12-16-14-11-13-15(4-2)17(16)18/h11,13-14,18H,3-10,12H2,1-2H3. The van der Waals surface area contributed by atoms with E-state index in [9.17, 15) is 5.11 Å². The van der Waals surface area contributed by atoms with E-state index >= 15 is 0 Å². The molecule has 0 atom stereocenters. The van der Waals surface area contributed by atoms with Crippen LogP contribution in [-0.4, -0.2) is 5.11 Å². The molecule has 0 saturated heterocycles. The second-order valence-corrected chi connectivity index (χ2v) is 5.15. The lowest BCUT2D eigenvalue weighted by Gasteiger charge is -2.08. The van der Waals surface area contributed by atoms with Gasteiger partial charge in [0, 0.05) is 0 Å². The zero-order chi connectivity index (χ0) is 13.2. The van der Waals surface area contributed by atoms with Crippen LogP contribution in [0.3, 0.4) is 0 Å². The van der Waals surface area contributed by atoms with Crippen molar-refractivity contribution in [3.63, 3.8) is 0 Å². The third-order valence-corrected chi connectivity index (χ3v) is 3.63. The van der Waals surface area contributed by atoms with Gasteiger partial charge in [-0.3, -0.25) is 0 Å². The molecule has 1 rings (SSSR count). The molecule has 102 valence electrons. The summed E-state index contributed by atoms with van der Waals surface area (Å²) >= 11 is 0. The first kappa shape index (κ1) is 15.1. The maximum Gasteiger partial charge on any atom is 0.121 e. The lowest BCUT2D eigenvalue weighted by Crippen LogP contribution is -1.91. The molecule has 0 aliphatic rings. The van der Waals surface area contributed by atoms with E-state index in [0.29, 0.717) is 5.75 Å². The number of hydrogen-bond acceptors (Lipinski definition) is 1. The topological polar surface area (TPSA) is 20.2 Å². The highest BCUT2D eigenvalue weighted by Crippen LogP contribution is 2.24. The van der Waals surface area contributed by atoms with E-state index in [-0.39, 0.29) is 0 Å². The Kier molecular flexibility index (Phi) is 7.55. The van der Waals surface area contributed by atoms with Gasteiger partial charge in [0.2, 0.25) is 0 Å². The van der Waals surface area contributed by atoms with Crippen molar-refractivity contribution < 1.29 is 5.11 Å². The molecule has 0 aliphatic carbocycles. The Labute approximate surface area is 112 Å². The van der Waals surface area contributed by atoms with Crippen molar-refractivity contribution in [2.75, 3.05) is 0 Å². The minimum atomic E-state index is 0.533. The summed E-state index contributed by atoms with van der Waals surface area (Å²) in [5.74, 6) is 0.533. The van der Waals surface area contributed by atoms with Gasteiger partial charge in [-0.15, -0.1) is 0 Å². The van der Waals surface area contributed by atoms with Gasteiger partial charge in [-0.2, -0.15) is 0 Å². The smallest absolute Gasteiger partial charge is 0.121 e. The van der Waals surface area contributed by atoms with Crippen LogP contribution >= 0.6 is 0 Å². The molecule has 0 heterocycles. The Morgan fingerprint density at radius 2 is 1.44 bits per heavy atom. The summed E-state index contributed by atoms with van der Waals surface area (Å²) in [6.45, 7) is 4.34. The third kappa shape index (κ3) is 5.12. The molecule has 1 nitrogen and oxygen atoms in total. The van der Waals surface area contributed by atoms with Gasteiger partial charge in [-0.25, -0.2) is 0 Å². The molecule has 1 aromatic carbocycles. The van der Waals surface area contributed by atoms with Crippen molar-refractivity contribution in [2.45, 2.75) is 71.6 Å². The van der Waals surface area contributed by atoms with Crippen LogP contribution in [0.5, 0.6) is 5.75 Å². The van der Waals surface area contributed by atoms with Crippen molar-refractivity contribution in [3.05, 3.63) is 29.3 Å². The van der Waals surface area contributed by atoms with E-state index in [1.165, 1.54) is 44.9 Å². The second-order valence-electron chi connectivity index (χ2n) is 5.15. The molecule has 0 radical (unpaired) electrons. The average molecular weight is 248 g/mol. The average Bonchev–Trinajstić information content (AvgIpc) is 2.39. The summed E-state index contributed by atoms with van der Waals surface area (Å²) in [4.78, 5) is 0. The van der Waals surface area contributed by atoms with E-state index < -0.39 is 0 Å². The summed E-state index contributed by atoms with van der Waals surface area (Å²) in [6, 6.07) is 6.14. The monoisotopic (exact) mass is 248 g/mol. The van der Waals surface area contributed by atoms with Gasteiger partial charge >= 0.3 is 0 Å². The molecule has 1 N–H and O–H groups in total. The summed E-state index contributed by atoms with van der Waals surface area (Å²) < 4.78 is 0. The van der Waals surface area contributed by atoms with E-state index in [4.69, 9.17) is 0 Å². The highest BCUT2D eigenvalue weighted by Gasteiger charge is 2.04. The first-order chi connectivity index (χ1) is 8.79. The minimum absolute atomic E-state index is 0.533. The number of aryl methyl sites for hydroxylation is 2. The van der Waals surface area contributed by atoms with Crippen molar-refractivity contribution in [1.29, 1.82) is 0 Å². The Morgan fingerprint density at radius 1 is 0.833 bits per heavy atom. The van der Waals surface area contributed by atoms with Crippen LogP contribution in [0.25, 0.3) is 0 Å². The van der Waals surface area contributed by atoms with Gasteiger partial charge in [0.05, 0.1) is 0 Å². The summed E-state index contributed by atoms with van der Waals surface area (Å²) in [5.41, 5.74) is 2.21. The van der Waals surface area contributed by atoms with Crippen LogP contribution in [-0.2, 0) is 12.8 Å². The van der Waals surface area contributed by atoms with Crippen molar-refractivity contribution >= 4 is 0 Å². The Balaban J connectivity index is 2.23. The molecule has 0 saturated carbocycles. The molecule has 0 spiro atoms. The molecule has 1 aromatic rings. The van der Waals surface area contributed by atoms with Crippen LogP contribution in [0.4, 0.5) is 0 Å². The number of phenols is 1. The quantitative estimate of drug-likeness (QED) is 0.592. The zero-order valence-corrected chi connectivity index (χ0v) is 12.0. The van der Waals surface area contributed by atoms with Gasteiger partial charge in [-0.05, 0) is 30.4 Å². The van der Waals surface area contributed by atoms with Crippen LogP contribution in [0.15, 0.2) is 18.2 Å². The highest BCUT2D eigenvalue weighted by molar-refractivity contribution is 5.40. The van der Waals surface area contributed by atoms with Crippen LogP contribution in [0.2, 0.25) is 0 Å². The van der Waals surface area contributed by atoms with Crippen LogP contribution in [0.1, 0.15) is 69.9 Å². The van der Waals surface area contributed by atoms with E-state index in [0.717, 1.165) is 24.0 Å². The van der Waals surface area contributed by atoms with Crippen molar-refractivity contribution in [1.82, 2.24) is 0 Å². The fourth-order valence-corrected chi connectivity index (χ4v) is 2.40. The number of para-hydroxylation sites is 1. The molecule has 0 aliphatic heterocycles. The van der Waals surface area contributed by atoms with Gasteiger partial charge < -0.3 is 5.11 Å². The normalized spacial score (nSPS) is 10.8. The zero-order valence-electron chi connectivity index (χ0n) is 12.0. The van der Waals surface area contributed by atoms with Gasteiger partial charge in [0.15, 0.2) is 0 Å². The fourth-order valence-electron chi connectivity index (χ4n) is 2.40. The lowest BCUT2D eigenvalue weighted by molar-refractivity contribution is 0.459. The van der Waals surface area contributed by atoms with E-state index in [2.05, 4.69) is 26.0 Å². The van der Waals surface area contributed by atoms with Crippen LogP contribution < -0.4 is 0 Å². The minimum Gasteiger partial charge on any atom is -0.507 e. The molecule has 0 unspecified atom stereocenters. The van der Waals surface area contributed by atoms with Crippen molar-refractivity contribution in [2.24, 2.45) is 0 Å². The molecular formula is C17H28O. The number of aromatic hydroxyl groups is 1. The highest BCUT2D eigenvalue weighted by atomic mass is 16.3. The van der Waals surface area contributed by atoms with Gasteiger partial charge in [0.1, 0.15) is 5.75 Å². The third-order valence-electron chi connectivity index (χ3n) is 3.63. The fraction of sp³-hybridized carbons (Fsp3) is 0.647. The Morgan fingerprint density at radius 3 is 2.11 bits per heavy atom. The van der Waals surface area contributed by atoms with Gasteiger partial charge in [-0.1, -0.05) is 70.6 Å². The van der Waals surface area contributed by atoms with Crippen molar-refractivity contribution in [3.8, 4) is 5.75 Å². The Hall–Kier alpha value is -0.980. The Bertz CT molecular complexity index is 330.